The van der Waals surface area contributed by atoms with E-state index >= 15 is 0 Å². The first-order valence-electron chi connectivity index (χ1n) is 9.80. The van der Waals surface area contributed by atoms with Crippen LogP contribution in [-0.4, -0.2) is 22.4 Å². The van der Waals surface area contributed by atoms with Crippen LogP contribution < -0.4 is 10.2 Å². The largest absolute Gasteiger partial charge is 0.335 e. The monoisotopic (exact) mass is 467 g/mol. The van der Waals surface area contributed by atoms with Gasteiger partial charge in [0.1, 0.15) is 5.57 Å². The third-order valence-corrected chi connectivity index (χ3v) is 5.99. The molecule has 0 spiro atoms. The molecular formula is C24H19Cl2N3O3. The highest BCUT2D eigenvalue weighted by Crippen LogP contribution is 2.28. The van der Waals surface area contributed by atoms with E-state index in [1.165, 1.54) is 12.1 Å². The van der Waals surface area contributed by atoms with E-state index in [4.69, 9.17) is 23.2 Å². The van der Waals surface area contributed by atoms with Crippen LogP contribution in [0.5, 0.6) is 0 Å². The number of hydrogen-bond donors (Lipinski definition) is 1. The lowest BCUT2D eigenvalue weighted by Crippen LogP contribution is -2.54. The van der Waals surface area contributed by atoms with Crippen molar-refractivity contribution in [2.75, 3.05) is 4.90 Å². The lowest BCUT2D eigenvalue weighted by molar-refractivity contribution is -0.122. The van der Waals surface area contributed by atoms with Gasteiger partial charge in [-0.05, 0) is 74.4 Å². The second kappa shape index (κ2) is 8.30. The average molecular weight is 468 g/mol. The van der Waals surface area contributed by atoms with E-state index in [2.05, 4.69) is 5.32 Å². The van der Waals surface area contributed by atoms with Gasteiger partial charge in [0.05, 0.1) is 5.69 Å². The summed E-state index contributed by atoms with van der Waals surface area (Å²) >= 11 is 12.3. The number of anilines is 1. The molecule has 1 aliphatic rings. The van der Waals surface area contributed by atoms with Crippen LogP contribution in [-0.2, 0) is 9.59 Å². The molecule has 0 unspecified atom stereocenters. The van der Waals surface area contributed by atoms with Gasteiger partial charge in [-0.3, -0.25) is 14.9 Å². The Hall–Kier alpha value is -3.35. The van der Waals surface area contributed by atoms with Crippen LogP contribution >= 0.6 is 23.2 Å². The van der Waals surface area contributed by atoms with Crippen molar-refractivity contribution >= 4 is 52.8 Å². The van der Waals surface area contributed by atoms with Gasteiger partial charge in [0.25, 0.3) is 11.8 Å². The van der Waals surface area contributed by atoms with Crippen LogP contribution in [0.4, 0.5) is 10.5 Å². The summed E-state index contributed by atoms with van der Waals surface area (Å²) in [6, 6.07) is 13.3. The van der Waals surface area contributed by atoms with Gasteiger partial charge in [-0.2, -0.15) is 0 Å². The highest BCUT2D eigenvalue weighted by Gasteiger charge is 2.37. The van der Waals surface area contributed by atoms with Crippen molar-refractivity contribution in [1.29, 1.82) is 0 Å². The number of carbonyl (C=O) groups excluding carboxylic acids is 3. The van der Waals surface area contributed by atoms with E-state index in [9.17, 15) is 14.4 Å². The summed E-state index contributed by atoms with van der Waals surface area (Å²) in [5.74, 6) is -1.46. The summed E-state index contributed by atoms with van der Waals surface area (Å²) in [4.78, 5) is 39.1. The average Bonchev–Trinajstić information content (AvgIpc) is 3.00. The molecule has 0 radical (unpaired) electrons. The van der Waals surface area contributed by atoms with Crippen molar-refractivity contribution in [3.63, 3.8) is 0 Å². The number of aromatic nitrogens is 1. The topological polar surface area (TPSA) is 71.4 Å². The summed E-state index contributed by atoms with van der Waals surface area (Å²) in [5, 5.41) is 3.25. The number of carbonyl (C=O) groups is 3. The van der Waals surface area contributed by atoms with Gasteiger partial charge in [-0.15, -0.1) is 0 Å². The Morgan fingerprint density at radius 2 is 1.66 bits per heavy atom. The normalized spacial score (nSPS) is 15.5. The Labute approximate surface area is 195 Å². The zero-order valence-electron chi connectivity index (χ0n) is 17.6. The van der Waals surface area contributed by atoms with Crippen molar-refractivity contribution in [3.05, 3.63) is 86.7 Å². The Bertz CT molecular complexity index is 1320. The molecule has 162 valence electrons. The minimum absolute atomic E-state index is 0.146. The summed E-state index contributed by atoms with van der Waals surface area (Å²) < 4.78 is 1.98. The summed E-state index contributed by atoms with van der Waals surface area (Å²) in [7, 11) is 0. The maximum atomic E-state index is 13.2. The van der Waals surface area contributed by atoms with Gasteiger partial charge in [0.2, 0.25) is 0 Å². The SMILES string of the molecule is Cc1ccc(N2C(=O)NC(=O)/C(=C/c3cc(C)n(-c4cccc(Cl)c4)c3C)C2=O)cc1Cl. The highest BCUT2D eigenvalue weighted by molar-refractivity contribution is 6.39. The van der Waals surface area contributed by atoms with Gasteiger partial charge in [0, 0.05) is 27.1 Å². The van der Waals surface area contributed by atoms with Gasteiger partial charge in [-0.25, -0.2) is 9.69 Å². The van der Waals surface area contributed by atoms with Crippen LogP contribution in [0.25, 0.3) is 11.8 Å². The number of nitrogens with zero attached hydrogens (tertiary/aromatic N) is 2. The summed E-state index contributed by atoms with van der Waals surface area (Å²) in [5.41, 5.74) is 4.21. The molecule has 3 aromatic rings. The fourth-order valence-electron chi connectivity index (χ4n) is 3.71. The molecule has 1 aliphatic heterocycles. The summed E-state index contributed by atoms with van der Waals surface area (Å²) in [6.07, 6.45) is 1.50. The smallest absolute Gasteiger partial charge is 0.318 e. The van der Waals surface area contributed by atoms with Gasteiger partial charge < -0.3 is 4.57 Å². The lowest BCUT2D eigenvalue weighted by Gasteiger charge is -2.26. The zero-order valence-corrected chi connectivity index (χ0v) is 19.1. The number of amides is 4. The van der Waals surface area contributed by atoms with Crippen LogP contribution in [0.3, 0.4) is 0 Å². The zero-order chi connectivity index (χ0) is 23.2. The second-order valence-corrected chi connectivity index (χ2v) is 8.38. The number of benzene rings is 2. The van der Waals surface area contributed by atoms with E-state index in [-0.39, 0.29) is 11.3 Å². The van der Waals surface area contributed by atoms with Crippen LogP contribution in [0.1, 0.15) is 22.5 Å². The maximum absolute atomic E-state index is 13.2. The van der Waals surface area contributed by atoms with E-state index in [0.717, 1.165) is 27.5 Å². The van der Waals surface area contributed by atoms with Crippen molar-refractivity contribution in [3.8, 4) is 5.69 Å². The van der Waals surface area contributed by atoms with Crippen molar-refractivity contribution in [1.82, 2.24) is 9.88 Å². The molecular weight excluding hydrogens is 449 g/mol. The molecule has 32 heavy (non-hydrogen) atoms. The van der Waals surface area contributed by atoms with Crippen molar-refractivity contribution in [2.45, 2.75) is 20.8 Å². The van der Waals surface area contributed by atoms with Crippen LogP contribution in [0.15, 0.2) is 54.1 Å². The van der Waals surface area contributed by atoms with Crippen LogP contribution in [0, 0.1) is 20.8 Å². The maximum Gasteiger partial charge on any atom is 0.335 e. The number of urea groups is 1. The molecule has 1 saturated heterocycles. The number of imide groups is 2. The molecule has 0 bridgehead atoms. The minimum atomic E-state index is -0.818. The van der Waals surface area contributed by atoms with Gasteiger partial charge in [0.15, 0.2) is 0 Å². The third-order valence-electron chi connectivity index (χ3n) is 5.35. The number of aryl methyl sites for hydroxylation is 2. The molecule has 2 aromatic carbocycles. The Morgan fingerprint density at radius 1 is 0.906 bits per heavy atom. The number of barbiturate groups is 1. The molecule has 0 atom stereocenters. The number of nitrogens with one attached hydrogen (secondary N) is 1. The van der Waals surface area contributed by atoms with E-state index in [1.54, 1.807) is 18.2 Å². The first-order chi connectivity index (χ1) is 15.2. The highest BCUT2D eigenvalue weighted by atomic mass is 35.5. The summed E-state index contributed by atoms with van der Waals surface area (Å²) in [6.45, 7) is 5.62. The quantitative estimate of drug-likeness (QED) is 0.415. The molecule has 4 amide bonds. The molecule has 0 saturated carbocycles. The standard InChI is InChI=1S/C24H19Cl2N3O3/c1-13-7-8-19(12-21(13)26)29-23(31)20(22(30)27-24(29)32)10-16-9-14(2)28(15(16)3)18-6-4-5-17(25)11-18/h4-12H,1-3H3,(H,27,30,32)/b20-10-. The minimum Gasteiger partial charge on any atom is -0.318 e. The molecule has 1 aromatic heterocycles. The molecule has 1 fully saturated rings. The molecule has 1 N–H and O–H groups in total. The van der Waals surface area contributed by atoms with E-state index < -0.39 is 17.8 Å². The van der Waals surface area contributed by atoms with Crippen LogP contribution in [0.2, 0.25) is 10.0 Å². The van der Waals surface area contributed by atoms with Crippen molar-refractivity contribution in [2.24, 2.45) is 0 Å². The number of halogens is 2. The molecule has 6 nitrogen and oxygen atoms in total. The Morgan fingerprint density at radius 3 is 2.34 bits per heavy atom. The Kier molecular flexibility index (Phi) is 5.67. The molecule has 8 heteroatoms. The third kappa shape index (κ3) is 3.83. The lowest BCUT2D eigenvalue weighted by atomic mass is 10.1. The Balaban J connectivity index is 1.77. The first kappa shape index (κ1) is 21.9. The first-order valence-corrected chi connectivity index (χ1v) is 10.6. The van der Waals surface area contributed by atoms with Gasteiger partial charge in [-0.1, -0.05) is 35.3 Å². The number of hydrogen-bond acceptors (Lipinski definition) is 3. The second-order valence-electron chi connectivity index (χ2n) is 7.53. The predicted molar refractivity (Wildman–Crippen MR) is 125 cm³/mol. The molecule has 2 heterocycles. The predicted octanol–water partition coefficient (Wildman–Crippen LogP) is 5.38. The van der Waals surface area contributed by atoms with Gasteiger partial charge >= 0.3 is 6.03 Å². The fraction of sp³-hybridized carbons (Fsp3) is 0.125. The molecule has 0 aliphatic carbocycles. The number of rotatable bonds is 3. The fourth-order valence-corrected chi connectivity index (χ4v) is 4.07. The van der Waals surface area contributed by atoms with E-state index in [0.29, 0.717) is 15.6 Å². The molecule has 4 rings (SSSR count). The van der Waals surface area contributed by atoms with Crippen molar-refractivity contribution < 1.29 is 14.4 Å². The van der Waals surface area contributed by atoms with E-state index in [1.807, 2.05) is 49.6 Å².